The van der Waals surface area contributed by atoms with E-state index in [4.69, 9.17) is 18.9 Å². The van der Waals surface area contributed by atoms with E-state index in [-0.39, 0.29) is 34.3 Å². The van der Waals surface area contributed by atoms with Gasteiger partial charge in [0.25, 0.3) is 0 Å². The van der Waals surface area contributed by atoms with Crippen LogP contribution in [0.1, 0.15) is 17.2 Å². The predicted molar refractivity (Wildman–Crippen MR) is 188 cm³/mol. The third-order valence-corrected chi connectivity index (χ3v) is 12.2. The Morgan fingerprint density at radius 1 is 0.918 bits per heavy atom. The number of aromatic nitrogens is 4. The molecule has 0 aliphatic carbocycles. The van der Waals surface area contributed by atoms with E-state index in [2.05, 4.69) is 34.8 Å². The molecule has 1 atom stereocenters. The molecule has 4 aromatic rings. The zero-order valence-electron chi connectivity index (χ0n) is 28.7. The Kier molecular flexibility index (Phi) is 11.4. The van der Waals surface area contributed by atoms with Crippen LogP contribution in [0.2, 0.25) is 25.7 Å². The molecule has 0 fully saturated rings. The number of sulfone groups is 1. The van der Waals surface area contributed by atoms with Gasteiger partial charge in [0, 0.05) is 39.6 Å². The topological polar surface area (TPSA) is 176 Å². The van der Waals surface area contributed by atoms with Crippen LogP contribution in [-0.2, 0) is 24.6 Å². The molecule has 14 nitrogen and oxygen atoms in total. The summed E-state index contributed by atoms with van der Waals surface area (Å²) in [7, 11) is -4.38. The van der Waals surface area contributed by atoms with Crippen LogP contribution >= 0.6 is 0 Å². The van der Waals surface area contributed by atoms with E-state index in [9.17, 15) is 22.1 Å². The zero-order valence-corrected chi connectivity index (χ0v) is 31.3. The second-order valence-electron chi connectivity index (χ2n) is 12.3. The maximum absolute atomic E-state index is 14.7. The van der Waals surface area contributed by atoms with Gasteiger partial charge in [0.1, 0.15) is 22.9 Å². The Bertz CT molecular complexity index is 2050. The highest BCUT2D eigenvalue weighted by Crippen LogP contribution is 2.39. The summed E-state index contributed by atoms with van der Waals surface area (Å²) in [5.41, 5.74) is 0.872. The fraction of sp³-hybridized carbons (Fsp3) is 0.375. The molecule has 0 saturated carbocycles. The molecule has 49 heavy (non-hydrogen) atoms. The maximum Gasteiger partial charge on any atom is 0.246 e. The minimum absolute atomic E-state index is 0.0297. The molecule has 4 rings (SSSR count). The van der Waals surface area contributed by atoms with Crippen molar-refractivity contribution >= 4 is 33.9 Å². The van der Waals surface area contributed by atoms with E-state index in [1.165, 1.54) is 55.5 Å². The third-order valence-electron chi connectivity index (χ3n) is 7.59. The summed E-state index contributed by atoms with van der Waals surface area (Å²) in [6.07, 6.45) is -0.236. The fourth-order valence-electron chi connectivity index (χ4n) is 5.07. The number of hydrogen-bond donors (Lipinski definition) is 0. The number of hydrogen-bond acceptors (Lipinski definition) is 12. The monoisotopic (exact) mass is 728 g/mol. The number of benzene rings is 2. The van der Waals surface area contributed by atoms with Crippen LogP contribution in [0.3, 0.4) is 0 Å². The van der Waals surface area contributed by atoms with Gasteiger partial charge in [-0.1, -0.05) is 37.8 Å². The number of anilines is 1. The van der Waals surface area contributed by atoms with E-state index in [0.717, 1.165) is 6.26 Å². The predicted octanol–water partition coefficient (Wildman–Crippen LogP) is 4.49. The number of pyridine rings is 1. The van der Waals surface area contributed by atoms with Gasteiger partial charge in [-0.25, -0.2) is 26.1 Å². The van der Waals surface area contributed by atoms with Crippen LogP contribution in [0, 0.1) is 11.3 Å². The number of para-hydroxylation sites is 1. The molecule has 262 valence electrons. The third kappa shape index (κ3) is 8.39. The molecule has 17 heteroatoms. The number of sulfonamides is 1. The normalized spacial score (nSPS) is 12.6. The lowest BCUT2D eigenvalue weighted by Gasteiger charge is -2.29. The number of rotatable bonds is 15. The van der Waals surface area contributed by atoms with Gasteiger partial charge in [0.15, 0.2) is 15.7 Å². The molecule has 0 radical (unpaired) electrons. The molecular formula is C32H40N6O8S2Si. The van der Waals surface area contributed by atoms with E-state index in [1.54, 1.807) is 36.4 Å². The molecule has 2 aromatic heterocycles. The first-order chi connectivity index (χ1) is 23.1. The number of nitriles is 1. The summed E-state index contributed by atoms with van der Waals surface area (Å²) in [4.78, 5) is 4.34. The molecule has 0 N–H and O–H groups in total. The SMILES string of the molecule is COc1cccc(-c2nnc(N(CC[Si](C)(C)C)S(=O)(=O)CC(OC)c3ccc(C#N)cc3S(C)(=O)=O)n2-c2c(OC)cccc2OC)n1. The number of ether oxygens (including phenoxy) is 4. The minimum atomic E-state index is -4.37. The van der Waals surface area contributed by atoms with Crippen molar-refractivity contribution in [2.45, 2.75) is 36.7 Å². The molecule has 0 amide bonds. The van der Waals surface area contributed by atoms with Crippen LogP contribution < -0.4 is 18.5 Å². The Morgan fingerprint density at radius 2 is 1.57 bits per heavy atom. The summed E-state index contributed by atoms with van der Waals surface area (Å²) in [5.74, 6) is 0.440. The number of nitrogens with zero attached hydrogens (tertiary/aromatic N) is 6. The quantitative estimate of drug-likeness (QED) is 0.157. The molecule has 0 bridgehead atoms. The van der Waals surface area contributed by atoms with Crippen LogP contribution in [-0.4, -0.2) is 91.7 Å². The van der Waals surface area contributed by atoms with Gasteiger partial charge in [0.2, 0.25) is 21.9 Å². The van der Waals surface area contributed by atoms with Gasteiger partial charge in [-0.15, -0.1) is 10.2 Å². The summed E-state index contributed by atoms with van der Waals surface area (Å²) in [6, 6.07) is 16.7. The Hall–Kier alpha value is -4.50. The number of methoxy groups -OCH3 is 4. The van der Waals surface area contributed by atoms with Crippen molar-refractivity contribution in [3.63, 3.8) is 0 Å². The molecule has 0 spiro atoms. The highest BCUT2D eigenvalue weighted by molar-refractivity contribution is 7.92. The standard InChI is InChI=1S/C32H40N6O8S2Si/c1-43-25-12-10-13-26(44-2)30(25)38-31(24-11-9-14-29(34-24)46-4)35-36-32(38)37(17-18-49(6,7)8)48(41,42)21-27(45-3)23-16-15-22(20-33)19-28(23)47(5,39)40/h9-16,19,27H,17-18,21H2,1-8H3. The van der Waals surface area contributed by atoms with Crippen molar-refractivity contribution in [3.05, 3.63) is 65.7 Å². The average Bonchev–Trinajstić information content (AvgIpc) is 3.49. The second kappa shape index (κ2) is 14.9. The molecule has 1 unspecified atom stereocenters. The van der Waals surface area contributed by atoms with E-state index in [1.807, 2.05) is 6.07 Å². The summed E-state index contributed by atoms with van der Waals surface area (Å²) in [6.45, 7) is 6.38. The fourth-order valence-corrected chi connectivity index (χ4v) is 8.71. The van der Waals surface area contributed by atoms with Crippen molar-refractivity contribution in [1.82, 2.24) is 19.7 Å². The van der Waals surface area contributed by atoms with Gasteiger partial charge in [-0.2, -0.15) is 5.26 Å². The molecule has 0 aliphatic heterocycles. The summed E-state index contributed by atoms with van der Waals surface area (Å²) in [5, 5.41) is 18.3. The summed E-state index contributed by atoms with van der Waals surface area (Å²) >= 11 is 0. The second-order valence-corrected chi connectivity index (χ2v) is 21.8. The first kappa shape index (κ1) is 37.3. The Labute approximate surface area is 288 Å². The van der Waals surface area contributed by atoms with Crippen molar-refractivity contribution in [1.29, 1.82) is 5.26 Å². The zero-order chi connectivity index (χ0) is 36.1. The van der Waals surface area contributed by atoms with Gasteiger partial charge < -0.3 is 18.9 Å². The maximum atomic E-state index is 14.7. The molecule has 2 aromatic carbocycles. The van der Waals surface area contributed by atoms with Gasteiger partial charge in [0.05, 0.1) is 49.7 Å². The largest absolute Gasteiger partial charge is 0.494 e. The highest BCUT2D eigenvalue weighted by Gasteiger charge is 2.36. The van der Waals surface area contributed by atoms with E-state index < -0.39 is 39.8 Å². The molecule has 2 heterocycles. The first-order valence-corrected chi connectivity index (χ1v) is 22.2. The molecule has 0 saturated heterocycles. The van der Waals surface area contributed by atoms with Crippen LogP contribution in [0.4, 0.5) is 5.95 Å². The van der Waals surface area contributed by atoms with Gasteiger partial charge in [-0.3, -0.25) is 4.57 Å². The van der Waals surface area contributed by atoms with Crippen LogP contribution in [0.15, 0.2) is 59.5 Å². The lowest BCUT2D eigenvalue weighted by atomic mass is 10.1. The van der Waals surface area contributed by atoms with Gasteiger partial charge in [-0.05, 0) is 36.4 Å². The smallest absolute Gasteiger partial charge is 0.246 e. The molecule has 0 aliphatic rings. The lowest BCUT2D eigenvalue weighted by Crippen LogP contribution is -2.40. The van der Waals surface area contributed by atoms with Crippen LogP contribution in [0.5, 0.6) is 17.4 Å². The highest BCUT2D eigenvalue weighted by atomic mass is 32.2. The first-order valence-electron chi connectivity index (χ1n) is 15.0. The Morgan fingerprint density at radius 3 is 2.12 bits per heavy atom. The Balaban J connectivity index is 2.00. The lowest BCUT2D eigenvalue weighted by molar-refractivity contribution is 0.119. The molecular weight excluding hydrogens is 689 g/mol. The van der Waals surface area contributed by atoms with E-state index >= 15 is 0 Å². The van der Waals surface area contributed by atoms with Crippen molar-refractivity contribution in [2.75, 3.05) is 51.3 Å². The van der Waals surface area contributed by atoms with Crippen molar-refractivity contribution < 1.29 is 35.8 Å². The summed E-state index contributed by atoms with van der Waals surface area (Å²) < 4.78 is 80.1. The van der Waals surface area contributed by atoms with Crippen molar-refractivity contribution in [3.8, 4) is 40.7 Å². The minimum Gasteiger partial charge on any atom is -0.494 e. The van der Waals surface area contributed by atoms with Crippen LogP contribution in [0.25, 0.3) is 17.2 Å². The van der Waals surface area contributed by atoms with E-state index in [0.29, 0.717) is 34.8 Å². The average molecular weight is 729 g/mol. The van der Waals surface area contributed by atoms with Gasteiger partial charge >= 0.3 is 0 Å². The van der Waals surface area contributed by atoms with Crippen molar-refractivity contribution in [2.24, 2.45) is 0 Å².